The van der Waals surface area contributed by atoms with Crippen molar-refractivity contribution in [2.75, 3.05) is 13.7 Å². The summed E-state index contributed by atoms with van der Waals surface area (Å²) in [6.07, 6.45) is 3.59. The van der Waals surface area contributed by atoms with E-state index >= 15 is 0 Å². The third-order valence-electron chi connectivity index (χ3n) is 3.29. The second-order valence-corrected chi connectivity index (χ2v) is 5.04. The van der Waals surface area contributed by atoms with E-state index in [9.17, 15) is 9.90 Å². The summed E-state index contributed by atoms with van der Waals surface area (Å²) in [5.74, 6) is -0.813. The lowest BCUT2D eigenvalue weighted by atomic mass is 10.0. The smallest absolute Gasteiger partial charge is 0.321 e. The summed E-state index contributed by atoms with van der Waals surface area (Å²) < 4.78 is 5.18. The Hall–Kier alpha value is -1.39. The van der Waals surface area contributed by atoms with Crippen LogP contribution in [-0.2, 0) is 16.0 Å². The monoisotopic (exact) mass is 279 g/mol. The van der Waals surface area contributed by atoms with E-state index in [2.05, 4.69) is 12.2 Å². The summed E-state index contributed by atoms with van der Waals surface area (Å²) in [4.78, 5) is 11.4. The van der Waals surface area contributed by atoms with Crippen LogP contribution in [0.4, 0.5) is 0 Å². The van der Waals surface area contributed by atoms with Crippen LogP contribution in [0.1, 0.15) is 31.7 Å². The van der Waals surface area contributed by atoms with Crippen molar-refractivity contribution in [2.24, 2.45) is 0 Å². The lowest BCUT2D eigenvalue weighted by molar-refractivity contribution is -0.139. The number of methoxy groups -OCH3 is 1. The first-order valence-corrected chi connectivity index (χ1v) is 7.19. The Balaban J connectivity index is 2.62. The topological polar surface area (TPSA) is 58.6 Å². The van der Waals surface area contributed by atoms with Gasteiger partial charge in [-0.05, 0) is 18.4 Å². The fourth-order valence-corrected chi connectivity index (χ4v) is 2.22. The van der Waals surface area contributed by atoms with E-state index < -0.39 is 12.0 Å². The van der Waals surface area contributed by atoms with E-state index in [4.69, 9.17) is 4.74 Å². The molecule has 4 heteroatoms. The Morgan fingerprint density at radius 3 is 2.60 bits per heavy atom. The van der Waals surface area contributed by atoms with E-state index in [1.807, 2.05) is 30.3 Å². The van der Waals surface area contributed by atoms with Crippen molar-refractivity contribution in [3.8, 4) is 0 Å². The lowest BCUT2D eigenvalue weighted by Crippen LogP contribution is -2.46. The van der Waals surface area contributed by atoms with Gasteiger partial charge >= 0.3 is 5.97 Å². The number of carboxylic acid groups (broad SMARTS) is 1. The largest absolute Gasteiger partial charge is 0.480 e. The van der Waals surface area contributed by atoms with Crippen LogP contribution in [0.5, 0.6) is 0 Å². The van der Waals surface area contributed by atoms with E-state index in [0.29, 0.717) is 13.0 Å². The Kier molecular flexibility index (Phi) is 7.92. The molecule has 4 nitrogen and oxygen atoms in total. The number of carboxylic acids is 1. The van der Waals surface area contributed by atoms with Crippen molar-refractivity contribution in [1.29, 1.82) is 0 Å². The molecule has 2 N–H and O–H groups in total. The molecular formula is C16H25NO3. The van der Waals surface area contributed by atoms with Crippen molar-refractivity contribution < 1.29 is 14.6 Å². The molecule has 1 aromatic rings. The van der Waals surface area contributed by atoms with Gasteiger partial charge < -0.3 is 9.84 Å². The molecule has 0 heterocycles. The van der Waals surface area contributed by atoms with Gasteiger partial charge in [-0.15, -0.1) is 0 Å². The predicted molar refractivity (Wildman–Crippen MR) is 79.9 cm³/mol. The molecule has 0 aliphatic rings. The van der Waals surface area contributed by atoms with Crippen molar-refractivity contribution >= 4 is 5.97 Å². The second kappa shape index (κ2) is 9.50. The summed E-state index contributed by atoms with van der Waals surface area (Å²) in [6, 6.07) is 9.21. The molecule has 0 saturated heterocycles. The molecule has 0 saturated carbocycles. The summed E-state index contributed by atoms with van der Waals surface area (Å²) in [7, 11) is 1.65. The van der Waals surface area contributed by atoms with Crippen LogP contribution in [0.15, 0.2) is 30.3 Å². The van der Waals surface area contributed by atoms with Gasteiger partial charge in [0.15, 0.2) is 0 Å². The number of hydrogen-bond acceptors (Lipinski definition) is 3. The molecule has 1 unspecified atom stereocenters. The van der Waals surface area contributed by atoms with Crippen molar-refractivity contribution in [3.05, 3.63) is 35.9 Å². The normalized spacial score (nSPS) is 13.9. The first-order chi connectivity index (χ1) is 9.67. The molecule has 0 aromatic heterocycles. The first kappa shape index (κ1) is 16.7. The zero-order chi connectivity index (χ0) is 14.8. The van der Waals surface area contributed by atoms with Gasteiger partial charge in [-0.2, -0.15) is 0 Å². The van der Waals surface area contributed by atoms with Crippen LogP contribution >= 0.6 is 0 Å². The maximum absolute atomic E-state index is 11.4. The zero-order valence-electron chi connectivity index (χ0n) is 12.3. The summed E-state index contributed by atoms with van der Waals surface area (Å²) in [5.41, 5.74) is 1.03. The zero-order valence-corrected chi connectivity index (χ0v) is 12.3. The van der Waals surface area contributed by atoms with Crippen molar-refractivity contribution in [1.82, 2.24) is 5.32 Å². The van der Waals surface area contributed by atoms with Gasteiger partial charge in [0, 0.05) is 13.2 Å². The molecule has 0 aliphatic carbocycles. The molecule has 0 bridgehead atoms. The Labute approximate surface area is 121 Å². The molecule has 0 aliphatic heterocycles. The number of unbranched alkanes of at least 4 members (excludes halogenated alkanes) is 1. The molecule has 20 heavy (non-hydrogen) atoms. The van der Waals surface area contributed by atoms with Gasteiger partial charge in [0.1, 0.15) is 6.04 Å². The fraction of sp³-hybridized carbons (Fsp3) is 0.562. The van der Waals surface area contributed by atoms with Crippen molar-refractivity contribution in [2.45, 2.75) is 44.7 Å². The first-order valence-electron chi connectivity index (χ1n) is 7.19. The number of aliphatic carboxylic acids is 1. The number of benzene rings is 1. The van der Waals surface area contributed by atoms with E-state index in [0.717, 1.165) is 24.8 Å². The molecule has 0 fully saturated rings. The molecule has 0 spiro atoms. The second-order valence-electron chi connectivity index (χ2n) is 5.04. The lowest BCUT2D eigenvalue weighted by Gasteiger charge is -2.23. The highest BCUT2D eigenvalue weighted by Gasteiger charge is 2.21. The highest BCUT2D eigenvalue weighted by atomic mass is 16.5. The van der Waals surface area contributed by atoms with Crippen LogP contribution in [0, 0.1) is 0 Å². The van der Waals surface area contributed by atoms with Gasteiger partial charge in [-0.1, -0.05) is 50.1 Å². The van der Waals surface area contributed by atoms with Gasteiger partial charge in [-0.25, -0.2) is 0 Å². The maximum Gasteiger partial charge on any atom is 0.321 e. The number of rotatable bonds is 10. The SMILES string of the molecule is CCCCC(COC)N[C@H](Cc1ccccc1)C(=O)O. The van der Waals surface area contributed by atoms with E-state index in [1.165, 1.54) is 0 Å². The molecule has 112 valence electrons. The highest BCUT2D eigenvalue weighted by molar-refractivity contribution is 5.74. The summed E-state index contributed by atoms with van der Waals surface area (Å²) in [6.45, 7) is 2.67. The fourth-order valence-electron chi connectivity index (χ4n) is 2.22. The molecule has 1 rings (SSSR count). The number of hydrogen-bond donors (Lipinski definition) is 2. The minimum absolute atomic E-state index is 0.0877. The Bertz CT molecular complexity index is 381. The van der Waals surface area contributed by atoms with Gasteiger partial charge in [0.2, 0.25) is 0 Å². The van der Waals surface area contributed by atoms with Gasteiger partial charge in [0.05, 0.1) is 6.61 Å². The molecule has 0 amide bonds. The molecular weight excluding hydrogens is 254 g/mol. The predicted octanol–water partition coefficient (Wildman–Crippen LogP) is 2.48. The highest BCUT2D eigenvalue weighted by Crippen LogP contribution is 2.07. The van der Waals surface area contributed by atoms with E-state index in [-0.39, 0.29) is 6.04 Å². The number of ether oxygens (including phenoxy) is 1. The molecule has 2 atom stereocenters. The Morgan fingerprint density at radius 1 is 1.35 bits per heavy atom. The van der Waals surface area contributed by atoms with Crippen LogP contribution in [0.3, 0.4) is 0 Å². The van der Waals surface area contributed by atoms with Gasteiger partial charge in [-0.3, -0.25) is 10.1 Å². The van der Waals surface area contributed by atoms with Crippen LogP contribution in [0.25, 0.3) is 0 Å². The van der Waals surface area contributed by atoms with Crippen molar-refractivity contribution in [3.63, 3.8) is 0 Å². The van der Waals surface area contributed by atoms with Crippen LogP contribution in [-0.4, -0.2) is 36.9 Å². The standard InChI is InChI=1S/C16H25NO3/c1-3-4-10-14(12-20-2)17-15(16(18)19)11-13-8-6-5-7-9-13/h5-9,14-15,17H,3-4,10-12H2,1-2H3,(H,18,19)/t14?,15-/m1/s1. The number of carbonyl (C=O) groups is 1. The van der Waals surface area contributed by atoms with E-state index in [1.54, 1.807) is 7.11 Å². The maximum atomic E-state index is 11.4. The third kappa shape index (κ3) is 6.17. The quantitative estimate of drug-likeness (QED) is 0.691. The minimum Gasteiger partial charge on any atom is -0.480 e. The molecule has 0 radical (unpaired) electrons. The summed E-state index contributed by atoms with van der Waals surface area (Å²) in [5, 5.41) is 12.6. The summed E-state index contributed by atoms with van der Waals surface area (Å²) >= 11 is 0. The third-order valence-corrected chi connectivity index (χ3v) is 3.29. The Morgan fingerprint density at radius 2 is 2.05 bits per heavy atom. The average Bonchev–Trinajstić information content (AvgIpc) is 2.45. The van der Waals surface area contributed by atoms with Gasteiger partial charge in [0.25, 0.3) is 0 Å². The minimum atomic E-state index is -0.813. The number of nitrogens with one attached hydrogen (secondary N) is 1. The molecule has 1 aromatic carbocycles. The van der Waals surface area contributed by atoms with Crippen LogP contribution < -0.4 is 5.32 Å². The average molecular weight is 279 g/mol. The van der Waals surface area contributed by atoms with Crippen LogP contribution in [0.2, 0.25) is 0 Å².